The monoisotopic (exact) mass is 249 g/mol. The van der Waals surface area contributed by atoms with Crippen LogP contribution in [0.4, 0.5) is 18.9 Å². The standard InChI is InChI=1S/C11H14F3NS/c1-8-7-9(15)3-4-10(8)16-6-2-5-11(12,13)14/h3-4,7H,2,5-6,15H2,1H3. The molecule has 16 heavy (non-hydrogen) atoms. The molecule has 0 aliphatic heterocycles. The first-order chi connectivity index (χ1) is 7.38. The molecule has 2 N–H and O–H groups in total. The first-order valence-electron chi connectivity index (χ1n) is 4.94. The van der Waals surface area contributed by atoms with Crippen molar-refractivity contribution in [3.05, 3.63) is 23.8 Å². The van der Waals surface area contributed by atoms with E-state index >= 15 is 0 Å². The Morgan fingerprint density at radius 3 is 2.56 bits per heavy atom. The maximum Gasteiger partial charge on any atom is 0.389 e. The predicted molar refractivity (Wildman–Crippen MR) is 61.6 cm³/mol. The van der Waals surface area contributed by atoms with E-state index in [4.69, 9.17) is 5.73 Å². The molecule has 0 fully saturated rings. The van der Waals surface area contributed by atoms with Gasteiger partial charge in [0.1, 0.15) is 0 Å². The third-order valence-electron chi connectivity index (χ3n) is 2.06. The fraction of sp³-hybridized carbons (Fsp3) is 0.455. The van der Waals surface area contributed by atoms with E-state index < -0.39 is 12.6 Å². The third-order valence-corrected chi connectivity index (χ3v) is 3.32. The molecule has 0 amide bonds. The molecule has 0 bridgehead atoms. The number of aryl methyl sites for hydroxylation is 1. The molecular formula is C11H14F3NS. The lowest BCUT2D eigenvalue weighted by Gasteiger charge is -2.07. The second-order valence-electron chi connectivity index (χ2n) is 3.59. The lowest BCUT2D eigenvalue weighted by Crippen LogP contribution is -2.06. The van der Waals surface area contributed by atoms with Gasteiger partial charge in [-0.05, 0) is 42.9 Å². The molecule has 0 radical (unpaired) electrons. The van der Waals surface area contributed by atoms with Crippen molar-refractivity contribution >= 4 is 17.4 Å². The summed E-state index contributed by atoms with van der Waals surface area (Å²) >= 11 is 1.44. The van der Waals surface area contributed by atoms with Crippen LogP contribution in [0.3, 0.4) is 0 Å². The molecule has 0 atom stereocenters. The van der Waals surface area contributed by atoms with Gasteiger partial charge in [0.25, 0.3) is 0 Å². The predicted octanol–water partition coefficient (Wildman–Crippen LogP) is 4.01. The molecule has 0 heterocycles. The summed E-state index contributed by atoms with van der Waals surface area (Å²) in [6, 6.07) is 5.44. The summed E-state index contributed by atoms with van der Waals surface area (Å²) in [6.07, 6.45) is -4.61. The molecule has 1 rings (SSSR count). The Morgan fingerprint density at radius 2 is 2.00 bits per heavy atom. The van der Waals surface area contributed by atoms with Crippen LogP contribution in [-0.4, -0.2) is 11.9 Å². The van der Waals surface area contributed by atoms with Crippen LogP contribution in [0, 0.1) is 6.92 Å². The molecule has 1 aromatic carbocycles. The first kappa shape index (κ1) is 13.2. The summed E-state index contributed by atoms with van der Waals surface area (Å²) in [4.78, 5) is 0.997. The van der Waals surface area contributed by atoms with Gasteiger partial charge < -0.3 is 5.73 Å². The zero-order valence-electron chi connectivity index (χ0n) is 8.97. The van der Waals surface area contributed by atoms with Crippen molar-refractivity contribution in [2.24, 2.45) is 0 Å². The summed E-state index contributed by atoms with van der Waals surface area (Å²) in [5, 5.41) is 0. The summed E-state index contributed by atoms with van der Waals surface area (Å²) in [7, 11) is 0. The number of halogens is 3. The van der Waals surface area contributed by atoms with Gasteiger partial charge in [-0.15, -0.1) is 11.8 Å². The van der Waals surface area contributed by atoms with Gasteiger partial charge in [0.05, 0.1) is 0 Å². The number of anilines is 1. The topological polar surface area (TPSA) is 26.0 Å². The summed E-state index contributed by atoms with van der Waals surface area (Å²) in [6.45, 7) is 1.91. The van der Waals surface area contributed by atoms with Crippen molar-refractivity contribution in [2.75, 3.05) is 11.5 Å². The molecule has 1 nitrogen and oxygen atoms in total. The van der Waals surface area contributed by atoms with Crippen molar-refractivity contribution in [2.45, 2.75) is 30.8 Å². The maximum atomic E-state index is 11.9. The normalized spacial score (nSPS) is 11.8. The number of benzene rings is 1. The Morgan fingerprint density at radius 1 is 1.31 bits per heavy atom. The molecule has 0 saturated carbocycles. The fourth-order valence-corrected chi connectivity index (χ4v) is 2.25. The van der Waals surface area contributed by atoms with Crippen molar-refractivity contribution < 1.29 is 13.2 Å². The minimum atomic E-state index is -4.04. The number of hydrogen-bond acceptors (Lipinski definition) is 2. The van der Waals surface area contributed by atoms with Gasteiger partial charge in [-0.2, -0.15) is 13.2 Å². The van der Waals surface area contributed by atoms with E-state index in [9.17, 15) is 13.2 Å². The first-order valence-corrected chi connectivity index (χ1v) is 5.93. The van der Waals surface area contributed by atoms with E-state index in [1.54, 1.807) is 6.07 Å². The minimum Gasteiger partial charge on any atom is -0.399 e. The number of thioether (sulfide) groups is 1. The van der Waals surface area contributed by atoms with Gasteiger partial charge in [0.2, 0.25) is 0 Å². The molecule has 0 aromatic heterocycles. The molecule has 0 spiro atoms. The molecule has 0 saturated heterocycles. The van der Waals surface area contributed by atoms with Gasteiger partial charge in [-0.1, -0.05) is 0 Å². The van der Waals surface area contributed by atoms with Crippen LogP contribution >= 0.6 is 11.8 Å². The van der Waals surface area contributed by atoms with E-state index in [0.717, 1.165) is 10.5 Å². The Balaban J connectivity index is 2.38. The fourth-order valence-electron chi connectivity index (χ4n) is 1.29. The van der Waals surface area contributed by atoms with E-state index in [1.807, 2.05) is 19.1 Å². The SMILES string of the molecule is Cc1cc(N)ccc1SCCCC(F)(F)F. The van der Waals surface area contributed by atoms with Gasteiger partial charge in [0, 0.05) is 17.0 Å². The number of nitrogens with two attached hydrogens (primary N) is 1. The van der Waals surface area contributed by atoms with Crippen LogP contribution in [0.25, 0.3) is 0 Å². The van der Waals surface area contributed by atoms with E-state index in [0.29, 0.717) is 11.4 Å². The molecule has 0 aliphatic carbocycles. The molecular weight excluding hydrogens is 235 g/mol. The minimum absolute atomic E-state index is 0.151. The molecule has 1 aromatic rings. The molecule has 0 unspecified atom stereocenters. The highest BCUT2D eigenvalue weighted by Gasteiger charge is 2.25. The van der Waals surface area contributed by atoms with Gasteiger partial charge in [0.15, 0.2) is 0 Å². The molecule has 0 aliphatic rings. The van der Waals surface area contributed by atoms with E-state index in [2.05, 4.69) is 0 Å². The third kappa shape index (κ3) is 4.79. The maximum absolute atomic E-state index is 11.9. The lowest BCUT2D eigenvalue weighted by atomic mass is 10.2. The highest BCUT2D eigenvalue weighted by molar-refractivity contribution is 7.99. The molecule has 5 heteroatoms. The van der Waals surface area contributed by atoms with E-state index in [-0.39, 0.29) is 6.42 Å². The average Bonchev–Trinajstić information content (AvgIpc) is 2.13. The second-order valence-corrected chi connectivity index (χ2v) is 4.73. The summed E-state index contributed by atoms with van der Waals surface area (Å²) in [5.41, 5.74) is 7.27. The number of hydrogen-bond donors (Lipinski definition) is 1. The zero-order chi connectivity index (χ0) is 12.2. The summed E-state index contributed by atoms with van der Waals surface area (Å²) < 4.78 is 35.7. The Hall–Kier alpha value is -0.840. The zero-order valence-corrected chi connectivity index (χ0v) is 9.79. The van der Waals surface area contributed by atoms with Gasteiger partial charge >= 0.3 is 6.18 Å². The largest absolute Gasteiger partial charge is 0.399 e. The van der Waals surface area contributed by atoms with Crippen molar-refractivity contribution in [3.8, 4) is 0 Å². The Labute approximate surface area is 97.2 Å². The van der Waals surface area contributed by atoms with Gasteiger partial charge in [-0.25, -0.2) is 0 Å². The van der Waals surface area contributed by atoms with E-state index in [1.165, 1.54) is 11.8 Å². The average molecular weight is 249 g/mol. The van der Waals surface area contributed by atoms with Crippen LogP contribution < -0.4 is 5.73 Å². The smallest absolute Gasteiger partial charge is 0.389 e. The number of rotatable bonds is 4. The highest BCUT2D eigenvalue weighted by atomic mass is 32.2. The second kappa shape index (κ2) is 5.48. The van der Waals surface area contributed by atoms with Crippen LogP contribution in [-0.2, 0) is 0 Å². The quantitative estimate of drug-likeness (QED) is 0.495. The lowest BCUT2D eigenvalue weighted by molar-refractivity contribution is -0.134. The number of alkyl halides is 3. The van der Waals surface area contributed by atoms with Crippen LogP contribution in [0.15, 0.2) is 23.1 Å². The Kier molecular flexibility index (Phi) is 4.53. The highest BCUT2D eigenvalue weighted by Crippen LogP contribution is 2.27. The Bertz CT molecular complexity index is 350. The van der Waals surface area contributed by atoms with Crippen LogP contribution in [0.1, 0.15) is 18.4 Å². The van der Waals surface area contributed by atoms with Crippen molar-refractivity contribution in [1.29, 1.82) is 0 Å². The number of nitrogen functional groups attached to an aromatic ring is 1. The van der Waals surface area contributed by atoms with Gasteiger partial charge in [-0.3, -0.25) is 0 Å². The molecule has 90 valence electrons. The van der Waals surface area contributed by atoms with Crippen LogP contribution in [0.5, 0.6) is 0 Å². The summed E-state index contributed by atoms with van der Waals surface area (Å²) in [5.74, 6) is 0.476. The van der Waals surface area contributed by atoms with Crippen molar-refractivity contribution in [1.82, 2.24) is 0 Å². The van der Waals surface area contributed by atoms with Crippen molar-refractivity contribution in [3.63, 3.8) is 0 Å². The van der Waals surface area contributed by atoms with Crippen LogP contribution in [0.2, 0.25) is 0 Å².